The molecule has 1 N–H and O–H groups in total. The third-order valence-electron chi connectivity index (χ3n) is 3.85. The van der Waals surface area contributed by atoms with E-state index in [1.165, 1.54) is 4.90 Å². The Morgan fingerprint density at radius 2 is 2.00 bits per heavy atom. The van der Waals surface area contributed by atoms with Crippen LogP contribution >= 0.6 is 11.6 Å². The number of halogens is 1. The average molecular weight is 373 g/mol. The first kappa shape index (κ1) is 19.6. The van der Waals surface area contributed by atoms with Crippen molar-refractivity contribution in [1.82, 2.24) is 4.90 Å². The van der Waals surface area contributed by atoms with Gasteiger partial charge in [0.05, 0.1) is 5.56 Å². The first-order chi connectivity index (χ1) is 12.2. The van der Waals surface area contributed by atoms with Crippen molar-refractivity contribution in [3.05, 3.63) is 58.6 Å². The summed E-state index contributed by atoms with van der Waals surface area (Å²) in [5.74, 6) is 1.01. The Hall–Kier alpha value is -2.71. The Bertz CT molecular complexity index is 838. The maximum Gasteiger partial charge on any atom is 0.407 e. The predicted molar refractivity (Wildman–Crippen MR) is 101 cm³/mol. The summed E-state index contributed by atoms with van der Waals surface area (Å²) < 4.78 is 5.81. The Balaban J connectivity index is 2.14. The minimum absolute atomic E-state index is 0.354. The number of nitrogens with zero attached hydrogens (tertiary/aromatic N) is 2. The SMILES string of the molecule is CC(C)(C)N(CCc1cccc(Oc2ccc(Cl)cc2C#N)c1)C(=O)O. The van der Waals surface area contributed by atoms with Gasteiger partial charge >= 0.3 is 6.09 Å². The number of ether oxygens (including phenoxy) is 1. The number of benzene rings is 2. The summed E-state index contributed by atoms with van der Waals surface area (Å²) in [6.07, 6.45) is -0.378. The first-order valence-corrected chi connectivity index (χ1v) is 8.55. The molecule has 0 atom stereocenters. The van der Waals surface area contributed by atoms with Crippen molar-refractivity contribution in [2.75, 3.05) is 6.54 Å². The van der Waals surface area contributed by atoms with Gasteiger partial charge in [-0.2, -0.15) is 5.26 Å². The second-order valence-electron chi connectivity index (χ2n) is 6.86. The summed E-state index contributed by atoms with van der Waals surface area (Å²) in [6, 6.07) is 14.3. The number of hydrogen-bond donors (Lipinski definition) is 1. The summed E-state index contributed by atoms with van der Waals surface area (Å²) in [5, 5.41) is 19.0. The highest BCUT2D eigenvalue weighted by Gasteiger charge is 2.25. The quantitative estimate of drug-likeness (QED) is 0.770. The van der Waals surface area contributed by atoms with Crippen molar-refractivity contribution >= 4 is 17.7 Å². The Kier molecular flexibility index (Phi) is 6.12. The van der Waals surface area contributed by atoms with E-state index in [4.69, 9.17) is 16.3 Å². The van der Waals surface area contributed by atoms with Crippen LogP contribution in [0.25, 0.3) is 0 Å². The molecule has 0 saturated heterocycles. The Morgan fingerprint density at radius 3 is 2.62 bits per heavy atom. The molecule has 0 fully saturated rings. The fourth-order valence-electron chi connectivity index (χ4n) is 2.53. The van der Waals surface area contributed by atoms with Crippen LogP contribution in [0, 0.1) is 11.3 Å². The standard InChI is InChI=1S/C20H21ClN2O3/c1-20(2,3)23(19(24)25)10-9-14-5-4-6-17(11-14)26-18-8-7-16(21)12-15(18)13-22/h4-8,11-12H,9-10H2,1-3H3,(H,24,25). The van der Waals surface area contributed by atoms with Crippen LogP contribution in [0.3, 0.4) is 0 Å². The number of nitriles is 1. The van der Waals surface area contributed by atoms with Gasteiger partial charge in [-0.3, -0.25) is 0 Å². The maximum absolute atomic E-state index is 11.4. The van der Waals surface area contributed by atoms with Gasteiger partial charge in [-0.15, -0.1) is 0 Å². The van der Waals surface area contributed by atoms with E-state index in [-0.39, 0.29) is 0 Å². The van der Waals surface area contributed by atoms with Gasteiger partial charge in [0, 0.05) is 17.1 Å². The molecular weight excluding hydrogens is 352 g/mol. The molecule has 2 aromatic carbocycles. The summed E-state index contributed by atoms with van der Waals surface area (Å²) in [7, 11) is 0. The molecule has 6 heteroatoms. The highest BCUT2D eigenvalue weighted by molar-refractivity contribution is 6.30. The van der Waals surface area contributed by atoms with Gasteiger partial charge in [0.25, 0.3) is 0 Å². The lowest BCUT2D eigenvalue weighted by Gasteiger charge is -2.33. The molecule has 0 saturated carbocycles. The van der Waals surface area contributed by atoms with E-state index in [9.17, 15) is 15.2 Å². The molecule has 0 spiro atoms. The van der Waals surface area contributed by atoms with Gasteiger partial charge in [-0.25, -0.2) is 4.79 Å². The van der Waals surface area contributed by atoms with E-state index in [0.717, 1.165) is 5.56 Å². The summed E-state index contributed by atoms with van der Waals surface area (Å²) in [4.78, 5) is 12.8. The smallest absolute Gasteiger partial charge is 0.407 e. The molecule has 0 aliphatic rings. The molecule has 5 nitrogen and oxygen atoms in total. The average Bonchev–Trinajstić information content (AvgIpc) is 2.55. The number of hydrogen-bond acceptors (Lipinski definition) is 3. The molecule has 0 aromatic heterocycles. The third-order valence-corrected chi connectivity index (χ3v) is 4.09. The second kappa shape index (κ2) is 8.11. The highest BCUT2D eigenvalue weighted by atomic mass is 35.5. The van der Waals surface area contributed by atoms with Gasteiger partial charge in [0.1, 0.15) is 17.6 Å². The largest absolute Gasteiger partial charge is 0.465 e. The molecule has 26 heavy (non-hydrogen) atoms. The number of carbonyl (C=O) groups is 1. The highest BCUT2D eigenvalue weighted by Crippen LogP contribution is 2.28. The lowest BCUT2D eigenvalue weighted by atomic mass is 10.0. The van der Waals surface area contributed by atoms with Gasteiger partial charge in [0.2, 0.25) is 0 Å². The van der Waals surface area contributed by atoms with Crippen LogP contribution < -0.4 is 4.74 Å². The lowest BCUT2D eigenvalue weighted by Crippen LogP contribution is -2.45. The molecule has 2 rings (SSSR count). The summed E-state index contributed by atoms with van der Waals surface area (Å²) in [6.45, 7) is 5.98. The monoisotopic (exact) mass is 372 g/mol. The van der Waals surface area contributed by atoms with E-state index in [2.05, 4.69) is 6.07 Å². The maximum atomic E-state index is 11.4. The van der Waals surface area contributed by atoms with Crippen molar-refractivity contribution in [2.45, 2.75) is 32.7 Å². The fraction of sp³-hybridized carbons (Fsp3) is 0.300. The van der Waals surface area contributed by atoms with Crippen molar-refractivity contribution in [3.8, 4) is 17.6 Å². The van der Waals surface area contributed by atoms with Gasteiger partial charge in [-0.05, 0) is 63.1 Å². The summed E-state index contributed by atoms with van der Waals surface area (Å²) >= 11 is 5.90. The number of carboxylic acid groups (broad SMARTS) is 1. The zero-order valence-electron chi connectivity index (χ0n) is 15.0. The van der Waals surface area contributed by atoms with Gasteiger partial charge < -0.3 is 14.7 Å². The Labute approximate surface area is 158 Å². The van der Waals surface area contributed by atoms with Crippen LogP contribution in [-0.2, 0) is 6.42 Å². The lowest BCUT2D eigenvalue weighted by molar-refractivity contribution is 0.101. The normalized spacial score (nSPS) is 10.9. The third kappa shape index (κ3) is 5.14. The van der Waals surface area contributed by atoms with Crippen molar-refractivity contribution in [3.63, 3.8) is 0 Å². The molecule has 0 aliphatic carbocycles. The van der Waals surface area contributed by atoms with Crippen molar-refractivity contribution in [2.24, 2.45) is 0 Å². The predicted octanol–water partition coefficient (Wildman–Crippen LogP) is 5.32. The van der Waals surface area contributed by atoms with Crippen LogP contribution in [0.4, 0.5) is 4.79 Å². The topological polar surface area (TPSA) is 73.6 Å². The van der Waals surface area contributed by atoms with Crippen molar-refractivity contribution in [1.29, 1.82) is 5.26 Å². The van der Waals surface area contributed by atoms with Crippen LogP contribution in [0.2, 0.25) is 5.02 Å². The minimum atomic E-state index is -0.940. The zero-order valence-corrected chi connectivity index (χ0v) is 15.7. The van der Waals surface area contributed by atoms with Crippen molar-refractivity contribution < 1.29 is 14.6 Å². The van der Waals surface area contributed by atoms with Gasteiger partial charge in [0.15, 0.2) is 0 Å². The molecule has 0 radical (unpaired) electrons. The Morgan fingerprint density at radius 1 is 1.27 bits per heavy atom. The molecule has 0 bridgehead atoms. The van der Waals surface area contributed by atoms with Crippen LogP contribution in [0.15, 0.2) is 42.5 Å². The first-order valence-electron chi connectivity index (χ1n) is 8.17. The van der Waals surface area contributed by atoms with E-state index in [1.54, 1.807) is 24.3 Å². The van der Waals surface area contributed by atoms with E-state index in [0.29, 0.717) is 35.1 Å². The fourth-order valence-corrected chi connectivity index (χ4v) is 2.70. The second-order valence-corrected chi connectivity index (χ2v) is 7.29. The van der Waals surface area contributed by atoms with E-state index in [1.807, 2.05) is 39.0 Å². The molecule has 136 valence electrons. The molecule has 1 amide bonds. The molecule has 0 unspecified atom stereocenters. The number of amides is 1. The minimum Gasteiger partial charge on any atom is -0.465 e. The van der Waals surface area contributed by atoms with E-state index < -0.39 is 11.6 Å². The summed E-state index contributed by atoms with van der Waals surface area (Å²) in [5.41, 5.74) is 0.837. The number of rotatable bonds is 5. The zero-order chi connectivity index (χ0) is 19.3. The molecule has 0 aliphatic heterocycles. The molecule has 0 heterocycles. The van der Waals surface area contributed by atoms with Crippen LogP contribution in [-0.4, -0.2) is 28.2 Å². The van der Waals surface area contributed by atoms with Crippen LogP contribution in [0.5, 0.6) is 11.5 Å². The van der Waals surface area contributed by atoms with Gasteiger partial charge in [-0.1, -0.05) is 23.7 Å². The molecule has 2 aromatic rings. The van der Waals surface area contributed by atoms with Crippen LogP contribution in [0.1, 0.15) is 31.9 Å². The van der Waals surface area contributed by atoms with E-state index >= 15 is 0 Å². The molecular formula is C20H21ClN2O3.